The lowest BCUT2D eigenvalue weighted by molar-refractivity contribution is 0.103. The summed E-state index contributed by atoms with van der Waals surface area (Å²) < 4.78 is 5.07. The summed E-state index contributed by atoms with van der Waals surface area (Å²) in [6.07, 6.45) is 0. The highest BCUT2D eigenvalue weighted by Gasteiger charge is 1.98. The van der Waals surface area contributed by atoms with E-state index in [1.165, 1.54) is 17.8 Å². The third-order valence-corrected chi connectivity index (χ3v) is 2.39. The van der Waals surface area contributed by atoms with Crippen LogP contribution in [0.2, 0.25) is 0 Å². The van der Waals surface area contributed by atoms with E-state index >= 15 is 0 Å². The fourth-order valence-corrected chi connectivity index (χ4v) is 1.76. The van der Waals surface area contributed by atoms with E-state index in [9.17, 15) is 4.79 Å². The van der Waals surface area contributed by atoms with Gasteiger partial charge in [-0.2, -0.15) is 0 Å². The van der Waals surface area contributed by atoms with Crippen molar-refractivity contribution in [2.24, 2.45) is 0 Å². The first kappa shape index (κ1) is 12.2. The molecule has 0 aliphatic heterocycles. The summed E-state index contributed by atoms with van der Waals surface area (Å²) in [4.78, 5) is 17.9. The fraction of sp³-hybridized carbons (Fsp3) is 0.556. The van der Waals surface area contributed by atoms with E-state index < -0.39 is 0 Å². The molecule has 0 unspecified atom stereocenters. The van der Waals surface area contributed by atoms with Crippen molar-refractivity contribution in [2.45, 2.75) is 12.1 Å². The van der Waals surface area contributed by atoms with E-state index in [1.807, 2.05) is 0 Å². The summed E-state index contributed by atoms with van der Waals surface area (Å²) in [5.41, 5.74) is 0.568. The molecule has 0 saturated heterocycles. The van der Waals surface area contributed by atoms with Gasteiger partial charge >= 0.3 is 0 Å². The van der Waals surface area contributed by atoms with Gasteiger partial charge in [0, 0.05) is 17.5 Å². The molecule has 1 aromatic heterocycles. The standard InChI is InChI=1S/C9H14N2O3S/c1-7-6-8(13)11-9(10-7)15-5-4-14-3-2-12/h6,12H,2-5H2,1H3,(H,10,11,13). The Hall–Kier alpha value is -0.850. The molecule has 0 saturated carbocycles. The molecule has 1 heterocycles. The fourth-order valence-electron chi connectivity index (χ4n) is 0.984. The molecular weight excluding hydrogens is 216 g/mol. The smallest absolute Gasteiger partial charge is 0.251 e. The van der Waals surface area contributed by atoms with Crippen LogP contribution in [0.4, 0.5) is 0 Å². The predicted molar refractivity (Wildman–Crippen MR) is 58.2 cm³/mol. The van der Waals surface area contributed by atoms with Gasteiger partial charge in [0.05, 0.1) is 19.8 Å². The van der Waals surface area contributed by atoms with Crippen molar-refractivity contribution in [3.05, 3.63) is 22.1 Å². The maximum Gasteiger partial charge on any atom is 0.251 e. The van der Waals surface area contributed by atoms with E-state index in [0.717, 1.165) is 0 Å². The molecule has 0 atom stereocenters. The van der Waals surface area contributed by atoms with Gasteiger partial charge in [0.15, 0.2) is 5.16 Å². The minimum Gasteiger partial charge on any atom is -0.394 e. The molecule has 84 valence electrons. The quantitative estimate of drug-likeness (QED) is 0.414. The van der Waals surface area contributed by atoms with Crippen LogP contribution in [0.15, 0.2) is 16.0 Å². The highest BCUT2D eigenvalue weighted by atomic mass is 32.2. The zero-order chi connectivity index (χ0) is 11.1. The molecule has 0 aliphatic carbocycles. The number of aromatic amines is 1. The Morgan fingerprint density at radius 3 is 3.07 bits per heavy atom. The van der Waals surface area contributed by atoms with Crippen molar-refractivity contribution in [1.29, 1.82) is 0 Å². The largest absolute Gasteiger partial charge is 0.394 e. The number of nitrogens with one attached hydrogen (secondary N) is 1. The van der Waals surface area contributed by atoms with Crippen LogP contribution in [-0.2, 0) is 4.74 Å². The molecular formula is C9H14N2O3S. The number of rotatable bonds is 6. The molecule has 1 rings (SSSR count). The average Bonchev–Trinajstić information content (AvgIpc) is 2.16. The second-order valence-electron chi connectivity index (χ2n) is 2.88. The maximum absolute atomic E-state index is 11.1. The van der Waals surface area contributed by atoms with Gasteiger partial charge in [-0.1, -0.05) is 11.8 Å². The molecule has 0 radical (unpaired) electrons. The lowest BCUT2D eigenvalue weighted by Gasteiger charge is -2.02. The first-order valence-corrected chi connectivity index (χ1v) is 5.60. The molecule has 0 fully saturated rings. The number of aliphatic hydroxyl groups is 1. The van der Waals surface area contributed by atoms with Crippen molar-refractivity contribution in [3.8, 4) is 0 Å². The molecule has 0 aliphatic rings. The van der Waals surface area contributed by atoms with Crippen LogP contribution in [0.1, 0.15) is 5.69 Å². The molecule has 1 aromatic rings. The third kappa shape index (κ3) is 4.96. The van der Waals surface area contributed by atoms with Crippen LogP contribution in [0.25, 0.3) is 0 Å². The highest BCUT2D eigenvalue weighted by molar-refractivity contribution is 7.99. The number of thioether (sulfide) groups is 1. The molecule has 5 nitrogen and oxygen atoms in total. The highest BCUT2D eigenvalue weighted by Crippen LogP contribution is 2.10. The Morgan fingerprint density at radius 1 is 1.60 bits per heavy atom. The number of aryl methyl sites for hydroxylation is 1. The number of H-pyrrole nitrogens is 1. The van der Waals surface area contributed by atoms with Gasteiger partial charge in [0.1, 0.15) is 0 Å². The topological polar surface area (TPSA) is 75.2 Å². The Labute approximate surface area is 91.9 Å². The van der Waals surface area contributed by atoms with Gasteiger partial charge in [0.25, 0.3) is 5.56 Å². The molecule has 0 bridgehead atoms. The van der Waals surface area contributed by atoms with Gasteiger partial charge in [-0.3, -0.25) is 4.79 Å². The van der Waals surface area contributed by atoms with E-state index in [4.69, 9.17) is 9.84 Å². The van der Waals surface area contributed by atoms with Crippen LogP contribution in [0.5, 0.6) is 0 Å². The van der Waals surface area contributed by atoms with Crippen molar-refractivity contribution >= 4 is 11.8 Å². The van der Waals surface area contributed by atoms with Crippen molar-refractivity contribution in [2.75, 3.05) is 25.6 Å². The second-order valence-corrected chi connectivity index (χ2v) is 3.96. The number of ether oxygens (including phenoxy) is 1. The van der Waals surface area contributed by atoms with Crippen molar-refractivity contribution in [1.82, 2.24) is 9.97 Å². The lowest BCUT2D eigenvalue weighted by Crippen LogP contribution is -2.09. The summed E-state index contributed by atoms with van der Waals surface area (Å²) >= 11 is 1.43. The van der Waals surface area contributed by atoms with Gasteiger partial charge in [-0.25, -0.2) is 4.98 Å². The molecule has 2 N–H and O–H groups in total. The summed E-state index contributed by atoms with van der Waals surface area (Å²) in [6.45, 7) is 2.69. The predicted octanol–water partition coefficient (Wildman–Crippen LogP) is 0.179. The number of aliphatic hydroxyl groups excluding tert-OH is 1. The molecule has 0 spiro atoms. The Balaban J connectivity index is 2.34. The van der Waals surface area contributed by atoms with E-state index in [2.05, 4.69) is 9.97 Å². The van der Waals surface area contributed by atoms with E-state index in [1.54, 1.807) is 6.92 Å². The van der Waals surface area contributed by atoms with Crippen molar-refractivity contribution in [3.63, 3.8) is 0 Å². The summed E-state index contributed by atoms with van der Waals surface area (Å²) in [5.74, 6) is 0.701. The SMILES string of the molecule is Cc1cc(=O)[nH]c(SCCOCCO)n1. The normalized spacial score (nSPS) is 10.5. The monoisotopic (exact) mass is 230 g/mol. The number of hydrogen-bond donors (Lipinski definition) is 2. The first-order chi connectivity index (χ1) is 7.22. The molecule has 0 amide bonds. The van der Waals surface area contributed by atoms with Gasteiger partial charge < -0.3 is 14.8 Å². The Bertz CT molecular complexity index is 353. The van der Waals surface area contributed by atoms with Gasteiger partial charge in [0.2, 0.25) is 0 Å². The summed E-state index contributed by atoms with van der Waals surface area (Å²) in [7, 11) is 0. The van der Waals surface area contributed by atoms with Crippen LogP contribution in [-0.4, -0.2) is 40.6 Å². The third-order valence-electron chi connectivity index (χ3n) is 1.55. The lowest BCUT2D eigenvalue weighted by atomic mass is 10.5. The van der Waals surface area contributed by atoms with E-state index in [-0.39, 0.29) is 12.2 Å². The van der Waals surface area contributed by atoms with Gasteiger partial charge in [-0.15, -0.1) is 0 Å². The number of hydrogen-bond acceptors (Lipinski definition) is 5. The summed E-state index contributed by atoms with van der Waals surface area (Å²) in [5, 5.41) is 9.07. The molecule has 6 heteroatoms. The first-order valence-electron chi connectivity index (χ1n) is 4.62. The van der Waals surface area contributed by atoms with Crippen LogP contribution >= 0.6 is 11.8 Å². The van der Waals surface area contributed by atoms with Crippen molar-refractivity contribution < 1.29 is 9.84 Å². The second kappa shape index (κ2) is 6.60. The van der Waals surface area contributed by atoms with Gasteiger partial charge in [-0.05, 0) is 6.92 Å². The van der Waals surface area contributed by atoms with Crippen LogP contribution < -0.4 is 5.56 Å². The molecule has 15 heavy (non-hydrogen) atoms. The molecule has 0 aromatic carbocycles. The average molecular weight is 230 g/mol. The zero-order valence-corrected chi connectivity index (χ0v) is 9.34. The number of nitrogens with zero attached hydrogens (tertiary/aromatic N) is 1. The maximum atomic E-state index is 11.1. The zero-order valence-electron chi connectivity index (χ0n) is 8.52. The number of aromatic nitrogens is 2. The Kier molecular flexibility index (Phi) is 5.38. The van der Waals surface area contributed by atoms with Crippen LogP contribution in [0, 0.1) is 6.92 Å². The minimum atomic E-state index is -0.138. The minimum absolute atomic E-state index is 0.0319. The van der Waals surface area contributed by atoms with Crippen LogP contribution in [0.3, 0.4) is 0 Å². The summed E-state index contributed by atoms with van der Waals surface area (Å²) in [6, 6.07) is 1.45. The Morgan fingerprint density at radius 2 is 2.40 bits per heavy atom. The van der Waals surface area contributed by atoms with E-state index in [0.29, 0.717) is 29.8 Å².